The van der Waals surface area contributed by atoms with E-state index in [-0.39, 0.29) is 17.5 Å². The number of anilines is 2. The zero-order valence-corrected chi connectivity index (χ0v) is 19.0. The van der Waals surface area contributed by atoms with Gasteiger partial charge in [0, 0.05) is 21.8 Å². The van der Waals surface area contributed by atoms with Crippen LogP contribution in [0.15, 0.2) is 53.1 Å². The highest BCUT2D eigenvalue weighted by molar-refractivity contribution is 7.16. The van der Waals surface area contributed by atoms with E-state index >= 15 is 0 Å². The van der Waals surface area contributed by atoms with Gasteiger partial charge in [0.05, 0.1) is 12.3 Å². The molecule has 0 aliphatic carbocycles. The molecule has 1 aromatic carbocycles. The molecule has 0 unspecified atom stereocenters. The fourth-order valence-corrected chi connectivity index (χ4v) is 4.65. The number of furan rings is 1. The highest BCUT2D eigenvalue weighted by Gasteiger charge is 2.26. The van der Waals surface area contributed by atoms with Crippen molar-refractivity contribution in [3.63, 3.8) is 0 Å². The second kappa shape index (κ2) is 8.92. The third-order valence-corrected chi connectivity index (χ3v) is 6.29. The van der Waals surface area contributed by atoms with Gasteiger partial charge in [0.1, 0.15) is 10.8 Å². The summed E-state index contributed by atoms with van der Waals surface area (Å²) in [6.07, 6.45) is 1.46. The third kappa shape index (κ3) is 4.55. The number of amides is 1. The maximum atomic E-state index is 13.7. The Labute approximate surface area is 189 Å². The summed E-state index contributed by atoms with van der Waals surface area (Å²) in [5.74, 6) is 0.0321. The van der Waals surface area contributed by atoms with E-state index in [1.165, 1.54) is 29.7 Å². The lowest BCUT2D eigenvalue weighted by atomic mass is 9.96. The average Bonchev–Trinajstić information content (AvgIpc) is 3.36. The Morgan fingerprint density at radius 1 is 1.06 bits per heavy atom. The van der Waals surface area contributed by atoms with Crippen LogP contribution in [0.1, 0.15) is 49.6 Å². The van der Waals surface area contributed by atoms with E-state index in [2.05, 4.69) is 20.6 Å². The van der Waals surface area contributed by atoms with Crippen molar-refractivity contribution in [3.8, 4) is 0 Å². The Morgan fingerprint density at radius 2 is 1.75 bits per heavy atom. The number of nitrogens with zero attached hydrogens (tertiary/aromatic N) is 2. The Balaban J connectivity index is 1.80. The summed E-state index contributed by atoms with van der Waals surface area (Å²) in [7, 11) is 0. The van der Waals surface area contributed by atoms with Crippen molar-refractivity contribution >= 4 is 28.2 Å². The van der Waals surface area contributed by atoms with Gasteiger partial charge in [0.25, 0.3) is 5.91 Å². The number of benzene rings is 1. The SMILES string of the molecule is Cc1cc(C)nc(N[C@H](c2ccc(F)cc2)c2c(NC(=O)c3ccco3)sc(C)c2C)n1. The van der Waals surface area contributed by atoms with E-state index in [4.69, 9.17) is 4.42 Å². The fraction of sp³-hybridized carbons (Fsp3) is 0.208. The molecule has 3 heterocycles. The first-order valence-electron chi connectivity index (χ1n) is 10.1. The Kier molecular flexibility index (Phi) is 6.05. The van der Waals surface area contributed by atoms with Gasteiger partial charge in [0.2, 0.25) is 5.95 Å². The van der Waals surface area contributed by atoms with E-state index in [9.17, 15) is 9.18 Å². The standard InChI is InChI=1S/C24H23FN4O2S/c1-13-12-14(2)27-24(26-13)28-21(17-7-9-18(25)10-8-17)20-15(3)16(4)32-23(20)29-22(30)19-6-5-11-31-19/h5-12,21H,1-4H3,(H,29,30)(H,26,27,28)/t21-/m1/s1. The fourth-order valence-electron chi connectivity index (χ4n) is 3.55. The van der Waals surface area contributed by atoms with Crippen LogP contribution in [0.5, 0.6) is 0 Å². The summed E-state index contributed by atoms with van der Waals surface area (Å²) >= 11 is 1.48. The number of nitrogens with one attached hydrogen (secondary N) is 2. The van der Waals surface area contributed by atoms with Gasteiger partial charge >= 0.3 is 0 Å². The molecule has 4 aromatic rings. The van der Waals surface area contributed by atoms with Crippen molar-refractivity contribution in [2.75, 3.05) is 10.6 Å². The molecule has 164 valence electrons. The van der Waals surface area contributed by atoms with Crippen LogP contribution in [0.4, 0.5) is 15.3 Å². The molecule has 1 amide bonds. The molecule has 32 heavy (non-hydrogen) atoms. The van der Waals surface area contributed by atoms with Crippen LogP contribution in [0.3, 0.4) is 0 Å². The summed E-state index contributed by atoms with van der Waals surface area (Å²) in [6, 6.07) is 11.0. The lowest BCUT2D eigenvalue weighted by molar-refractivity contribution is 0.0997. The Bertz CT molecular complexity index is 1230. The number of aromatic nitrogens is 2. The monoisotopic (exact) mass is 450 g/mol. The zero-order valence-electron chi connectivity index (χ0n) is 18.2. The number of hydrogen-bond acceptors (Lipinski definition) is 6. The molecule has 6 nitrogen and oxygen atoms in total. The molecule has 0 fully saturated rings. The minimum atomic E-state index is -0.409. The van der Waals surface area contributed by atoms with Gasteiger partial charge in [-0.3, -0.25) is 4.79 Å². The van der Waals surface area contributed by atoms with Gasteiger partial charge in [-0.25, -0.2) is 14.4 Å². The van der Waals surface area contributed by atoms with Crippen LogP contribution in [0.2, 0.25) is 0 Å². The molecular weight excluding hydrogens is 427 g/mol. The van der Waals surface area contributed by atoms with Gasteiger partial charge in [-0.15, -0.1) is 11.3 Å². The molecule has 0 saturated carbocycles. The highest BCUT2D eigenvalue weighted by Crippen LogP contribution is 2.41. The summed E-state index contributed by atoms with van der Waals surface area (Å²) in [6.45, 7) is 7.81. The summed E-state index contributed by atoms with van der Waals surface area (Å²) in [4.78, 5) is 22.8. The lowest BCUT2D eigenvalue weighted by Crippen LogP contribution is -2.18. The van der Waals surface area contributed by atoms with Crippen LogP contribution in [0, 0.1) is 33.5 Å². The van der Waals surface area contributed by atoms with E-state index in [1.807, 2.05) is 33.8 Å². The van der Waals surface area contributed by atoms with Crippen LogP contribution in [0.25, 0.3) is 0 Å². The largest absolute Gasteiger partial charge is 0.459 e. The predicted octanol–water partition coefficient (Wildman–Crippen LogP) is 5.96. The number of halogens is 1. The minimum Gasteiger partial charge on any atom is -0.459 e. The number of carbonyl (C=O) groups is 1. The Morgan fingerprint density at radius 3 is 2.38 bits per heavy atom. The highest BCUT2D eigenvalue weighted by atomic mass is 32.1. The van der Waals surface area contributed by atoms with Crippen molar-refractivity contribution in [2.24, 2.45) is 0 Å². The number of hydrogen-bond donors (Lipinski definition) is 2. The van der Waals surface area contributed by atoms with Crippen molar-refractivity contribution in [2.45, 2.75) is 33.7 Å². The molecule has 0 radical (unpaired) electrons. The smallest absolute Gasteiger partial charge is 0.291 e. The number of thiophene rings is 1. The molecule has 0 saturated heterocycles. The quantitative estimate of drug-likeness (QED) is 0.379. The lowest BCUT2D eigenvalue weighted by Gasteiger charge is -2.22. The second-order valence-corrected chi connectivity index (χ2v) is 8.79. The number of rotatable bonds is 6. The second-order valence-electron chi connectivity index (χ2n) is 7.56. The van der Waals surface area contributed by atoms with Crippen LogP contribution in [-0.4, -0.2) is 15.9 Å². The zero-order chi connectivity index (χ0) is 22.8. The molecule has 0 aliphatic heterocycles. The average molecular weight is 451 g/mol. The van der Waals surface area contributed by atoms with Gasteiger partial charge in [-0.05, 0) is 69.2 Å². The van der Waals surface area contributed by atoms with E-state index in [0.717, 1.165) is 33.0 Å². The van der Waals surface area contributed by atoms with Crippen LogP contribution in [-0.2, 0) is 0 Å². The summed E-state index contributed by atoms with van der Waals surface area (Å²) in [5.41, 5.74) is 4.39. The topological polar surface area (TPSA) is 80.0 Å². The van der Waals surface area contributed by atoms with Crippen molar-refractivity contribution in [3.05, 3.63) is 93.3 Å². The van der Waals surface area contributed by atoms with Crippen molar-refractivity contribution < 1.29 is 13.6 Å². The van der Waals surface area contributed by atoms with Crippen LogP contribution >= 0.6 is 11.3 Å². The maximum Gasteiger partial charge on any atom is 0.291 e. The maximum absolute atomic E-state index is 13.7. The normalized spacial score (nSPS) is 11.9. The minimum absolute atomic E-state index is 0.226. The van der Waals surface area contributed by atoms with Gasteiger partial charge in [-0.2, -0.15) is 0 Å². The summed E-state index contributed by atoms with van der Waals surface area (Å²) < 4.78 is 18.9. The molecule has 0 spiro atoms. The first-order chi connectivity index (χ1) is 15.3. The summed E-state index contributed by atoms with van der Waals surface area (Å²) in [5, 5.41) is 7.07. The van der Waals surface area contributed by atoms with Gasteiger partial charge in [0.15, 0.2) is 5.76 Å². The predicted molar refractivity (Wildman–Crippen MR) is 124 cm³/mol. The molecular formula is C24H23FN4O2S. The van der Waals surface area contributed by atoms with Crippen LogP contribution < -0.4 is 10.6 Å². The third-order valence-electron chi connectivity index (χ3n) is 5.15. The van der Waals surface area contributed by atoms with E-state index in [0.29, 0.717) is 10.9 Å². The van der Waals surface area contributed by atoms with E-state index < -0.39 is 6.04 Å². The molecule has 4 rings (SSSR count). The number of aryl methyl sites for hydroxylation is 3. The van der Waals surface area contributed by atoms with Gasteiger partial charge in [-0.1, -0.05) is 12.1 Å². The van der Waals surface area contributed by atoms with Crippen molar-refractivity contribution in [1.82, 2.24) is 9.97 Å². The number of carbonyl (C=O) groups excluding carboxylic acids is 1. The first kappa shape index (κ1) is 21.7. The molecule has 8 heteroatoms. The molecule has 3 aromatic heterocycles. The molecule has 1 atom stereocenters. The van der Waals surface area contributed by atoms with Gasteiger partial charge < -0.3 is 15.1 Å². The van der Waals surface area contributed by atoms with E-state index in [1.54, 1.807) is 24.3 Å². The molecule has 0 bridgehead atoms. The molecule has 0 aliphatic rings. The van der Waals surface area contributed by atoms with Crippen molar-refractivity contribution in [1.29, 1.82) is 0 Å². The first-order valence-corrected chi connectivity index (χ1v) is 10.9. The Hall–Kier alpha value is -3.52. The molecule has 2 N–H and O–H groups in total.